The smallest absolute Gasteiger partial charge is 0.227 e. The third-order valence-electron chi connectivity index (χ3n) is 7.40. The number of aliphatic hydroxyl groups excluding tert-OH is 2. The lowest BCUT2D eigenvalue weighted by Crippen LogP contribution is -2.61. The maximum Gasteiger partial charge on any atom is 0.227 e. The molecule has 0 bridgehead atoms. The Kier molecular flexibility index (Phi) is 5.72. The Morgan fingerprint density at radius 2 is 1.76 bits per heavy atom. The molecule has 0 aromatic heterocycles. The summed E-state index contributed by atoms with van der Waals surface area (Å²) in [5.74, 6) is -1.19. The van der Waals surface area contributed by atoms with Crippen LogP contribution in [0.2, 0.25) is 0 Å². The molecule has 9 heteroatoms. The van der Waals surface area contributed by atoms with Crippen molar-refractivity contribution in [3.05, 3.63) is 42.5 Å². The predicted molar refractivity (Wildman–Crippen MR) is 128 cm³/mol. The first-order valence-corrected chi connectivity index (χ1v) is 11.8. The number of likely N-dealkylation sites (tertiary alicyclic amines) is 1. The number of carbonyl (C=O) groups excluding carboxylic acids is 2. The summed E-state index contributed by atoms with van der Waals surface area (Å²) in [6, 6.07) is 12.9. The number of hydrogen-bond acceptors (Lipinski definition) is 5. The van der Waals surface area contributed by atoms with Gasteiger partial charge in [-0.2, -0.15) is 0 Å². The number of thiocarbonyl (C=S) groups is 1. The van der Waals surface area contributed by atoms with E-state index in [9.17, 15) is 19.8 Å². The molecule has 2 amide bonds. The van der Waals surface area contributed by atoms with Crippen molar-refractivity contribution < 1.29 is 19.8 Å². The Bertz CT molecular complexity index is 1100. The number of amides is 2. The molecule has 0 radical (unpaired) electrons. The highest BCUT2D eigenvalue weighted by Gasteiger charge is 2.55. The molecule has 33 heavy (non-hydrogen) atoms. The lowest BCUT2D eigenvalue weighted by molar-refractivity contribution is -0.144. The number of rotatable bonds is 3. The second-order valence-electron chi connectivity index (χ2n) is 9.24. The van der Waals surface area contributed by atoms with Crippen LogP contribution in [0, 0.1) is 11.8 Å². The number of fused-ring (bicyclic) bond motifs is 2. The van der Waals surface area contributed by atoms with Crippen molar-refractivity contribution in [2.45, 2.75) is 43.6 Å². The molecule has 5 rings (SSSR count). The molecular weight excluding hydrogens is 440 g/mol. The van der Waals surface area contributed by atoms with Crippen LogP contribution in [0.3, 0.4) is 0 Å². The quantitative estimate of drug-likeness (QED) is 0.491. The van der Waals surface area contributed by atoms with Gasteiger partial charge < -0.3 is 31.1 Å². The SMILES string of the molecule is NC(=O)C1CCN(C(=O)C2CC(O)C(O)C3NC(=S)N(c4cccc5ccccc45)C23)CC1. The van der Waals surface area contributed by atoms with E-state index < -0.39 is 30.2 Å². The zero-order chi connectivity index (χ0) is 23.3. The fraction of sp³-hybridized carbons (Fsp3) is 0.458. The summed E-state index contributed by atoms with van der Waals surface area (Å²) in [6.45, 7) is 0.899. The number of carbonyl (C=O) groups is 2. The van der Waals surface area contributed by atoms with Gasteiger partial charge in [0.15, 0.2) is 5.11 Å². The summed E-state index contributed by atoms with van der Waals surface area (Å²) < 4.78 is 0. The Balaban J connectivity index is 1.50. The Morgan fingerprint density at radius 1 is 1.06 bits per heavy atom. The van der Waals surface area contributed by atoms with E-state index in [-0.39, 0.29) is 24.2 Å². The van der Waals surface area contributed by atoms with Crippen LogP contribution in [-0.4, -0.2) is 69.4 Å². The first-order chi connectivity index (χ1) is 15.9. The highest BCUT2D eigenvalue weighted by atomic mass is 32.1. The summed E-state index contributed by atoms with van der Waals surface area (Å²) in [6.07, 6.45) is -0.862. The Labute approximate surface area is 197 Å². The molecule has 2 aromatic carbocycles. The van der Waals surface area contributed by atoms with Gasteiger partial charge in [0, 0.05) is 24.4 Å². The molecule has 8 nitrogen and oxygen atoms in total. The minimum Gasteiger partial charge on any atom is -0.390 e. The highest BCUT2D eigenvalue weighted by molar-refractivity contribution is 7.80. The number of primary amides is 1. The predicted octanol–water partition coefficient (Wildman–Crippen LogP) is 0.737. The first kappa shape index (κ1) is 22.1. The zero-order valence-electron chi connectivity index (χ0n) is 18.1. The molecule has 0 spiro atoms. The molecule has 2 saturated heterocycles. The number of anilines is 1. The molecule has 5 N–H and O–H groups in total. The summed E-state index contributed by atoms with van der Waals surface area (Å²) in [5.41, 5.74) is 6.31. The number of hydrogen-bond donors (Lipinski definition) is 4. The van der Waals surface area contributed by atoms with Gasteiger partial charge in [-0.1, -0.05) is 36.4 Å². The molecule has 2 aliphatic heterocycles. The molecule has 5 unspecified atom stereocenters. The molecular formula is C24H28N4O4S. The van der Waals surface area contributed by atoms with Gasteiger partial charge in [0.25, 0.3) is 0 Å². The van der Waals surface area contributed by atoms with Gasteiger partial charge in [-0.3, -0.25) is 9.59 Å². The summed E-state index contributed by atoms with van der Waals surface area (Å²) in [4.78, 5) is 28.9. The number of nitrogens with one attached hydrogen (secondary N) is 1. The fourth-order valence-electron chi connectivity index (χ4n) is 5.64. The number of aliphatic hydroxyl groups is 2. The van der Waals surface area contributed by atoms with E-state index in [2.05, 4.69) is 5.32 Å². The van der Waals surface area contributed by atoms with Crippen LogP contribution < -0.4 is 16.0 Å². The van der Waals surface area contributed by atoms with E-state index in [0.29, 0.717) is 31.0 Å². The average molecular weight is 469 g/mol. The molecule has 5 atom stereocenters. The molecule has 1 aliphatic carbocycles. The summed E-state index contributed by atoms with van der Waals surface area (Å²) in [5, 5.41) is 27.0. The Hall–Kier alpha value is -2.75. The van der Waals surface area contributed by atoms with Gasteiger partial charge >= 0.3 is 0 Å². The highest BCUT2D eigenvalue weighted by Crippen LogP contribution is 2.40. The van der Waals surface area contributed by atoms with Crippen LogP contribution in [0.1, 0.15) is 19.3 Å². The van der Waals surface area contributed by atoms with Gasteiger partial charge in [-0.25, -0.2) is 0 Å². The van der Waals surface area contributed by atoms with Gasteiger partial charge in [-0.05, 0) is 42.9 Å². The second kappa shape index (κ2) is 8.55. The molecule has 174 valence electrons. The zero-order valence-corrected chi connectivity index (χ0v) is 18.9. The minimum atomic E-state index is -1.04. The van der Waals surface area contributed by atoms with Crippen molar-refractivity contribution in [2.75, 3.05) is 18.0 Å². The van der Waals surface area contributed by atoms with Gasteiger partial charge in [0.05, 0.1) is 29.8 Å². The third-order valence-corrected chi connectivity index (χ3v) is 7.71. The van der Waals surface area contributed by atoms with Gasteiger partial charge in [0.1, 0.15) is 6.10 Å². The van der Waals surface area contributed by atoms with Crippen molar-refractivity contribution in [3.8, 4) is 0 Å². The largest absolute Gasteiger partial charge is 0.390 e. The van der Waals surface area contributed by atoms with Crippen molar-refractivity contribution in [1.29, 1.82) is 0 Å². The fourth-order valence-corrected chi connectivity index (χ4v) is 6.00. The maximum atomic E-state index is 13.7. The van der Waals surface area contributed by atoms with E-state index in [0.717, 1.165) is 16.5 Å². The van der Waals surface area contributed by atoms with Crippen molar-refractivity contribution in [2.24, 2.45) is 17.6 Å². The average Bonchev–Trinajstić information content (AvgIpc) is 3.17. The lowest BCUT2D eigenvalue weighted by Gasteiger charge is -2.44. The number of nitrogens with zero attached hydrogens (tertiary/aromatic N) is 2. The standard InChI is InChI=1S/C24H28N4O4S/c25-22(31)14-8-10-27(11-9-14)23(32)16-12-18(29)21(30)19-20(16)28(24(33)26-19)17-7-3-5-13-4-1-2-6-15(13)17/h1-7,14,16,18-21,29-30H,8-12H2,(H2,25,31)(H,26,33). The number of piperidine rings is 1. The van der Waals surface area contributed by atoms with E-state index >= 15 is 0 Å². The Morgan fingerprint density at radius 3 is 2.48 bits per heavy atom. The van der Waals surface area contributed by atoms with Gasteiger partial charge in [0.2, 0.25) is 11.8 Å². The first-order valence-electron chi connectivity index (χ1n) is 11.4. The normalized spacial score (nSPS) is 30.2. The maximum absolute atomic E-state index is 13.7. The van der Waals surface area contributed by atoms with Crippen LogP contribution in [0.25, 0.3) is 10.8 Å². The van der Waals surface area contributed by atoms with E-state index in [1.807, 2.05) is 47.4 Å². The number of nitrogens with two attached hydrogens (primary N) is 1. The van der Waals surface area contributed by atoms with Crippen molar-refractivity contribution in [3.63, 3.8) is 0 Å². The minimum absolute atomic E-state index is 0.0874. The van der Waals surface area contributed by atoms with Crippen LogP contribution >= 0.6 is 12.2 Å². The number of benzene rings is 2. The molecule has 2 aromatic rings. The van der Waals surface area contributed by atoms with Crippen LogP contribution in [0.5, 0.6) is 0 Å². The summed E-state index contributed by atoms with van der Waals surface area (Å²) in [7, 11) is 0. The second-order valence-corrected chi connectivity index (χ2v) is 9.62. The van der Waals surface area contributed by atoms with E-state index in [1.54, 1.807) is 4.90 Å². The van der Waals surface area contributed by atoms with E-state index in [1.165, 1.54) is 0 Å². The molecule has 2 heterocycles. The van der Waals surface area contributed by atoms with Crippen molar-refractivity contribution in [1.82, 2.24) is 10.2 Å². The monoisotopic (exact) mass is 468 g/mol. The van der Waals surface area contributed by atoms with E-state index in [4.69, 9.17) is 18.0 Å². The van der Waals surface area contributed by atoms with Gasteiger partial charge in [-0.15, -0.1) is 0 Å². The topological polar surface area (TPSA) is 119 Å². The van der Waals surface area contributed by atoms with Crippen LogP contribution in [0.4, 0.5) is 5.69 Å². The summed E-state index contributed by atoms with van der Waals surface area (Å²) >= 11 is 5.68. The van der Waals surface area contributed by atoms with Crippen LogP contribution in [0.15, 0.2) is 42.5 Å². The molecule has 3 aliphatic rings. The lowest BCUT2D eigenvalue weighted by atomic mass is 9.76. The van der Waals surface area contributed by atoms with Crippen LogP contribution in [-0.2, 0) is 9.59 Å². The third kappa shape index (κ3) is 3.74. The van der Waals surface area contributed by atoms with Crippen molar-refractivity contribution >= 4 is 45.6 Å². The molecule has 1 saturated carbocycles. The molecule has 3 fully saturated rings.